The molecule has 2 aromatic rings. The van der Waals surface area contributed by atoms with Crippen LogP contribution in [0.5, 0.6) is 0 Å². The molecule has 0 bridgehead atoms. The number of para-hydroxylation sites is 1. The van der Waals surface area contributed by atoms with Gasteiger partial charge in [0.2, 0.25) is 11.0 Å². The summed E-state index contributed by atoms with van der Waals surface area (Å²) in [5.74, 6) is 0. The maximum absolute atomic E-state index is 8.55. The van der Waals surface area contributed by atoms with Crippen molar-refractivity contribution in [1.82, 2.24) is 9.78 Å². The Morgan fingerprint density at radius 3 is 2.80 bits per heavy atom. The van der Waals surface area contributed by atoms with Gasteiger partial charge in [-0.2, -0.15) is 10.4 Å². The van der Waals surface area contributed by atoms with Crippen LogP contribution in [0.4, 0.5) is 0 Å². The van der Waals surface area contributed by atoms with E-state index in [9.17, 15) is 0 Å². The van der Waals surface area contributed by atoms with Gasteiger partial charge in [0.05, 0.1) is 5.69 Å². The third-order valence-electron chi connectivity index (χ3n) is 1.81. The summed E-state index contributed by atoms with van der Waals surface area (Å²) >= 11 is 1.40. The van der Waals surface area contributed by atoms with Crippen molar-refractivity contribution >= 4 is 11.3 Å². The maximum Gasteiger partial charge on any atom is 0.223 e. The molecular formula is C10H8N4S. The van der Waals surface area contributed by atoms with E-state index >= 15 is 0 Å². The second-order valence-corrected chi connectivity index (χ2v) is 4.02. The minimum absolute atomic E-state index is 0.598. The Kier molecular flexibility index (Phi) is 2.61. The van der Waals surface area contributed by atoms with Crippen molar-refractivity contribution in [3.05, 3.63) is 40.1 Å². The van der Waals surface area contributed by atoms with Crippen molar-refractivity contribution in [3.8, 4) is 11.9 Å². The first-order chi connectivity index (χ1) is 7.31. The highest BCUT2D eigenvalue weighted by molar-refractivity contribution is 7.08. The molecule has 15 heavy (non-hydrogen) atoms. The summed E-state index contributed by atoms with van der Waals surface area (Å²) in [7, 11) is 0. The molecule has 1 aromatic carbocycles. The van der Waals surface area contributed by atoms with E-state index in [4.69, 9.17) is 5.26 Å². The van der Waals surface area contributed by atoms with E-state index in [0.717, 1.165) is 10.7 Å². The highest BCUT2D eigenvalue weighted by atomic mass is 32.1. The minimum Gasteiger partial charge on any atom is -0.205 e. The fraction of sp³-hybridized carbons (Fsp3) is 0.100. The number of nitriles is 1. The Morgan fingerprint density at radius 1 is 1.40 bits per heavy atom. The molecule has 0 fully saturated rings. The molecule has 0 radical (unpaired) electrons. The lowest BCUT2D eigenvalue weighted by atomic mass is 10.3. The van der Waals surface area contributed by atoms with E-state index in [1.165, 1.54) is 11.3 Å². The van der Waals surface area contributed by atoms with E-state index < -0.39 is 0 Å². The van der Waals surface area contributed by atoms with Crippen LogP contribution in [0, 0.1) is 18.4 Å². The summed E-state index contributed by atoms with van der Waals surface area (Å²) in [5.41, 5.74) is 0.913. The van der Waals surface area contributed by atoms with Crippen LogP contribution in [0.3, 0.4) is 0 Å². The number of hydrogen-bond acceptors (Lipinski definition) is 4. The van der Waals surface area contributed by atoms with Gasteiger partial charge >= 0.3 is 0 Å². The minimum atomic E-state index is 0.598. The molecule has 0 aliphatic heterocycles. The van der Waals surface area contributed by atoms with Crippen molar-refractivity contribution in [3.63, 3.8) is 0 Å². The van der Waals surface area contributed by atoms with E-state index in [2.05, 4.69) is 10.1 Å². The molecule has 0 saturated heterocycles. The molecule has 0 amide bonds. The van der Waals surface area contributed by atoms with Crippen LogP contribution in [0.15, 0.2) is 35.3 Å². The Labute approximate surface area is 90.8 Å². The third-order valence-corrected chi connectivity index (χ3v) is 2.63. The van der Waals surface area contributed by atoms with Crippen molar-refractivity contribution in [2.24, 2.45) is 4.99 Å². The molecule has 74 valence electrons. The van der Waals surface area contributed by atoms with E-state index in [1.54, 1.807) is 10.9 Å². The van der Waals surface area contributed by atoms with E-state index in [1.807, 2.05) is 37.3 Å². The molecule has 0 aliphatic carbocycles. The van der Waals surface area contributed by atoms with Gasteiger partial charge in [0.25, 0.3) is 0 Å². The highest BCUT2D eigenvalue weighted by Crippen LogP contribution is 2.05. The Balaban J connectivity index is 2.64. The number of nitrogens with zero attached hydrogens (tertiary/aromatic N) is 4. The van der Waals surface area contributed by atoms with E-state index in [-0.39, 0.29) is 0 Å². The average Bonchev–Trinajstić information content (AvgIpc) is 2.62. The highest BCUT2D eigenvalue weighted by Gasteiger charge is 2.02. The Morgan fingerprint density at radius 2 is 2.13 bits per heavy atom. The second kappa shape index (κ2) is 4.07. The van der Waals surface area contributed by atoms with Crippen LogP contribution in [0.25, 0.3) is 5.69 Å². The monoisotopic (exact) mass is 216 g/mol. The zero-order valence-electron chi connectivity index (χ0n) is 8.08. The smallest absolute Gasteiger partial charge is 0.205 e. The normalized spacial score (nSPS) is 11.3. The van der Waals surface area contributed by atoms with Crippen molar-refractivity contribution in [1.29, 1.82) is 5.26 Å². The molecule has 0 spiro atoms. The van der Waals surface area contributed by atoms with Crippen molar-refractivity contribution in [2.75, 3.05) is 0 Å². The number of aromatic nitrogens is 2. The lowest BCUT2D eigenvalue weighted by Crippen LogP contribution is -2.13. The summed E-state index contributed by atoms with van der Waals surface area (Å²) in [4.78, 5) is 4.33. The zero-order chi connectivity index (χ0) is 10.7. The van der Waals surface area contributed by atoms with Gasteiger partial charge in [-0.3, -0.25) is 0 Å². The molecule has 2 rings (SSSR count). The van der Waals surface area contributed by atoms with Gasteiger partial charge in [0.15, 0.2) is 0 Å². The van der Waals surface area contributed by atoms with Crippen LogP contribution < -0.4 is 4.80 Å². The van der Waals surface area contributed by atoms with Gasteiger partial charge in [-0.25, -0.2) is 4.68 Å². The lowest BCUT2D eigenvalue weighted by Gasteiger charge is -1.98. The van der Waals surface area contributed by atoms with Crippen molar-refractivity contribution < 1.29 is 0 Å². The first kappa shape index (κ1) is 9.62. The fourth-order valence-electron chi connectivity index (χ4n) is 1.23. The average molecular weight is 216 g/mol. The topological polar surface area (TPSA) is 54.0 Å². The fourth-order valence-corrected chi connectivity index (χ4v) is 1.94. The predicted octanol–water partition coefficient (Wildman–Crippen LogP) is 1.62. The van der Waals surface area contributed by atoms with Crippen LogP contribution >= 0.6 is 11.3 Å². The molecule has 4 nitrogen and oxygen atoms in total. The molecule has 0 aliphatic rings. The summed E-state index contributed by atoms with van der Waals surface area (Å²) in [6, 6.07) is 9.63. The molecule has 0 saturated carbocycles. The summed E-state index contributed by atoms with van der Waals surface area (Å²) < 4.78 is 1.67. The molecule has 5 heteroatoms. The molecule has 0 atom stereocenters. The molecule has 0 N–H and O–H groups in total. The van der Waals surface area contributed by atoms with Crippen LogP contribution in [0.1, 0.15) is 5.01 Å². The molecule has 0 unspecified atom stereocenters. The molecule has 1 aromatic heterocycles. The van der Waals surface area contributed by atoms with E-state index in [0.29, 0.717) is 4.80 Å². The first-order valence-corrected chi connectivity index (χ1v) is 5.18. The Bertz CT molecular complexity index is 559. The number of aryl methyl sites for hydroxylation is 1. The predicted molar refractivity (Wildman–Crippen MR) is 57.4 cm³/mol. The third kappa shape index (κ3) is 1.95. The standard InChI is InChI=1S/C10H8N4S/c1-8-13-14(10(15-8)12-7-11)9-5-3-2-4-6-9/h2-6H,1H3. The van der Waals surface area contributed by atoms with Gasteiger partial charge in [0, 0.05) is 0 Å². The quantitative estimate of drug-likeness (QED) is 0.680. The van der Waals surface area contributed by atoms with Crippen LogP contribution in [-0.2, 0) is 0 Å². The van der Waals surface area contributed by atoms with Gasteiger partial charge in [-0.1, -0.05) is 29.5 Å². The second-order valence-electron chi connectivity index (χ2n) is 2.86. The van der Waals surface area contributed by atoms with Gasteiger partial charge in [-0.15, -0.1) is 4.99 Å². The maximum atomic E-state index is 8.55. The lowest BCUT2D eigenvalue weighted by molar-refractivity contribution is 0.821. The summed E-state index contributed by atoms with van der Waals surface area (Å²) in [6.45, 7) is 1.89. The zero-order valence-corrected chi connectivity index (χ0v) is 8.90. The largest absolute Gasteiger partial charge is 0.223 e. The molecular weight excluding hydrogens is 208 g/mol. The SMILES string of the molecule is Cc1nn(-c2ccccc2)c(=NC#N)s1. The summed E-state index contributed by atoms with van der Waals surface area (Å²) in [6.07, 6.45) is 1.78. The van der Waals surface area contributed by atoms with Crippen molar-refractivity contribution in [2.45, 2.75) is 6.92 Å². The number of benzene rings is 1. The van der Waals surface area contributed by atoms with Gasteiger partial charge in [0.1, 0.15) is 5.01 Å². The number of rotatable bonds is 1. The number of hydrogen-bond donors (Lipinski definition) is 0. The molecule has 1 heterocycles. The van der Waals surface area contributed by atoms with Gasteiger partial charge < -0.3 is 0 Å². The summed E-state index contributed by atoms with van der Waals surface area (Å²) in [5, 5.41) is 13.7. The first-order valence-electron chi connectivity index (χ1n) is 4.36. The van der Waals surface area contributed by atoms with Crippen LogP contribution in [0.2, 0.25) is 0 Å². The van der Waals surface area contributed by atoms with Gasteiger partial charge in [-0.05, 0) is 19.1 Å². The van der Waals surface area contributed by atoms with Crippen LogP contribution in [-0.4, -0.2) is 9.78 Å². The Hall–Kier alpha value is -1.93.